The monoisotopic (exact) mass is 247 g/mol. The van der Waals surface area contributed by atoms with Gasteiger partial charge in [-0.2, -0.15) is 5.10 Å². The van der Waals surface area contributed by atoms with Gasteiger partial charge in [0.15, 0.2) is 0 Å². The van der Waals surface area contributed by atoms with Crippen LogP contribution in [0.1, 0.15) is 22.8 Å². The fraction of sp³-hybridized carbons (Fsp3) is 0.250. The van der Waals surface area contributed by atoms with Crippen molar-refractivity contribution in [3.8, 4) is 0 Å². The summed E-state index contributed by atoms with van der Waals surface area (Å²) < 4.78 is 14.8. The van der Waals surface area contributed by atoms with Crippen molar-refractivity contribution in [1.29, 1.82) is 5.41 Å². The van der Waals surface area contributed by atoms with E-state index < -0.39 is 5.82 Å². The lowest BCUT2D eigenvalue weighted by molar-refractivity contribution is 0.621. The number of rotatable bonds is 3. The third-order valence-corrected chi connectivity index (χ3v) is 2.64. The predicted octanol–water partition coefficient (Wildman–Crippen LogP) is 1.37. The van der Waals surface area contributed by atoms with Gasteiger partial charge in [0, 0.05) is 5.56 Å². The van der Waals surface area contributed by atoms with Gasteiger partial charge in [-0.25, -0.2) is 14.1 Å². The third kappa shape index (κ3) is 2.37. The summed E-state index contributed by atoms with van der Waals surface area (Å²) in [7, 11) is 0. The second-order valence-electron chi connectivity index (χ2n) is 4.08. The number of nitrogens with two attached hydrogens (primary N) is 1. The van der Waals surface area contributed by atoms with E-state index in [1.54, 1.807) is 17.7 Å². The average Bonchev–Trinajstić information content (AvgIpc) is 2.60. The van der Waals surface area contributed by atoms with Crippen molar-refractivity contribution in [2.45, 2.75) is 20.4 Å². The van der Waals surface area contributed by atoms with Crippen LogP contribution >= 0.6 is 0 Å². The zero-order valence-electron chi connectivity index (χ0n) is 10.2. The number of halogens is 1. The van der Waals surface area contributed by atoms with E-state index in [0.29, 0.717) is 17.9 Å². The molecule has 2 aromatic rings. The van der Waals surface area contributed by atoms with Crippen LogP contribution in [0, 0.1) is 25.1 Å². The second-order valence-corrected chi connectivity index (χ2v) is 4.08. The SMILES string of the molecule is Cc1nc(C)n(Cc2ccc(F)cc2C(=N)N)n1. The minimum Gasteiger partial charge on any atom is -0.384 e. The molecule has 3 N–H and O–H groups in total. The summed E-state index contributed by atoms with van der Waals surface area (Å²) in [5, 5.41) is 11.7. The van der Waals surface area contributed by atoms with Crippen LogP contribution < -0.4 is 5.73 Å². The number of hydrogen-bond donors (Lipinski definition) is 2. The van der Waals surface area contributed by atoms with E-state index in [4.69, 9.17) is 11.1 Å². The molecule has 5 nitrogen and oxygen atoms in total. The summed E-state index contributed by atoms with van der Waals surface area (Å²) in [4.78, 5) is 4.19. The Kier molecular flexibility index (Phi) is 3.10. The lowest BCUT2D eigenvalue weighted by Crippen LogP contribution is -2.16. The Hall–Kier alpha value is -2.24. The standard InChI is InChI=1S/C12H14FN5/c1-7-16-8(2)18(17-7)6-9-3-4-10(13)5-11(9)12(14)15/h3-5H,6H2,1-2H3,(H3,14,15). The van der Waals surface area contributed by atoms with Crippen molar-refractivity contribution in [3.63, 3.8) is 0 Å². The zero-order valence-corrected chi connectivity index (χ0v) is 10.2. The van der Waals surface area contributed by atoms with Gasteiger partial charge in [0.2, 0.25) is 0 Å². The fourth-order valence-corrected chi connectivity index (χ4v) is 1.81. The first-order valence-corrected chi connectivity index (χ1v) is 5.48. The van der Waals surface area contributed by atoms with E-state index in [1.807, 2.05) is 6.92 Å². The minimum atomic E-state index is -0.407. The molecule has 0 atom stereocenters. The number of hydrogen-bond acceptors (Lipinski definition) is 3. The van der Waals surface area contributed by atoms with Gasteiger partial charge in [-0.05, 0) is 31.5 Å². The number of nitrogen functional groups attached to an aromatic ring is 1. The third-order valence-electron chi connectivity index (χ3n) is 2.64. The molecule has 94 valence electrons. The van der Waals surface area contributed by atoms with E-state index in [0.717, 1.165) is 11.4 Å². The second kappa shape index (κ2) is 4.56. The Morgan fingerprint density at radius 1 is 1.44 bits per heavy atom. The Labute approximate surface area is 104 Å². The van der Waals surface area contributed by atoms with Gasteiger partial charge >= 0.3 is 0 Å². The summed E-state index contributed by atoms with van der Waals surface area (Å²) in [6, 6.07) is 4.22. The van der Waals surface area contributed by atoms with Crippen LogP contribution in [0.5, 0.6) is 0 Å². The highest BCUT2D eigenvalue weighted by Gasteiger charge is 2.10. The van der Waals surface area contributed by atoms with Crippen LogP contribution in [0.4, 0.5) is 4.39 Å². The summed E-state index contributed by atoms with van der Waals surface area (Å²) in [5.41, 5.74) is 6.59. The highest BCUT2D eigenvalue weighted by Crippen LogP contribution is 2.13. The van der Waals surface area contributed by atoms with Crippen LogP contribution in [0.25, 0.3) is 0 Å². The van der Waals surface area contributed by atoms with Crippen LogP contribution in [0.15, 0.2) is 18.2 Å². The van der Waals surface area contributed by atoms with Crippen molar-refractivity contribution >= 4 is 5.84 Å². The van der Waals surface area contributed by atoms with Gasteiger partial charge in [0.1, 0.15) is 23.3 Å². The summed E-state index contributed by atoms with van der Waals surface area (Å²) in [6.45, 7) is 4.07. The molecule has 6 heteroatoms. The molecule has 1 aromatic heterocycles. The number of benzene rings is 1. The van der Waals surface area contributed by atoms with Crippen molar-refractivity contribution in [2.75, 3.05) is 0 Å². The van der Waals surface area contributed by atoms with Gasteiger partial charge in [0.25, 0.3) is 0 Å². The van der Waals surface area contributed by atoms with Crippen LogP contribution in [0.3, 0.4) is 0 Å². The fourth-order valence-electron chi connectivity index (χ4n) is 1.81. The Balaban J connectivity index is 2.40. The minimum absolute atomic E-state index is 0.154. The smallest absolute Gasteiger partial charge is 0.147 e. The lowest BCUT2D eigenvalue weighted by Gasteiger charge is -2.09. The van der Waals surface area contributed by atoms with Crippen molar-refractivity contribution in [2.24, 2.45) is 5.73 Å². The molecule has 0 aliphatic carbocycles. The number of amidine groups is 1. The van der Waals surface area contributed by atoms with E-state index in [1.165, 1.54) is 12.1 Å². The number of aromatic nitrogens is 3. The topological polar surface area (TPSA) is 80.6 Å². The van der Waals surface area contributed by atoms with Gasteiger partial charge < -0.3 is 5.73 Å². The maximum Gasteiger partial charge on any atom is 0.147 e. The van der Waals surface area contributed by atoms with Gasteiger partial charge in [-0.3, -0.25) is 5.41 Å². The highest BCUT2D eigenvalue weighted by atomic mass is 19.1. The van der Waals surface area contributed by atoms with E-state index in [2.05, 4.69) is 10.1 Å². The molecule has 0 aliphatic rings. The molecule has 1 aromatic carbocycles. The number of aryl methyl sites for hydroxylation is 2. The molecular weight excluding hydrogens is 233 g/mol. The molecular formula is C12H14FN5. The first kappa shape index (κ1) is 12.2. The van der Waals surface area contributed by atoms with Crippen LogP contribution in [0.2, 0.25) is 0 Å². The summed E-state index contributed by atoms with van der Waals surface area (Å²) in [6.07, 6.45) is 0. The molecule has 1 heterocycles. The molecule has 0 bridgehead atoms. The number of nitrogens with one attached hydrogen (secondary N) is 1. The molecule has 0 fully saturated rings. The zero-order chi connectivity index (χ0) is 13.3. The molecule has 0 saturated carbocycles. The highest BCUT2D eigenvalue weighted by molar-refractivity contribution is 5.96. The van der Waals surface area contributed by atoms with Crippen LogP contribution in [-0.4, -0.2) is 20.6 Å². The molecule has 0 aliphatic heterocycles. The van der Waals surface area contributed by atoms with Crippen molar-refractivity contribution in [1.82, 2.24) is 14.8 Å². The molecule has 0 amide bonds. The average molecular weight is 247 g/mol. The van der Waals surface area contributed by atoms with E-state index in [-0.39, 0.29) is 5.84 Å². The summed E-state index contributed by atoms with van der Waals surface area (Å²) >= 11 is 0. The first-order valence-electron chi connectivity index (χ1n) is 5.48. The van der Waals surface area contributed by atoms with E-state index >= 15 is 0 Å². The van der Waals surface area contributed by atoms with Crippen molar-refractivity contribution < 1.29 is 4.39 Å². The van der Waals surface area contributed by atoms with Gasteiger partial charge in [0.05, 0.1) is 6.54 Å². The van der Waals surface area contributed by atoms with E-state index in [9.17, 15) is 4.39 Å². The molecule has 0 unspecified atom stereocenters. The maximum atomic E-state index is 13.1. The number of nitrogens with zero attached hydrogens (tertiary/aromatic N) is 3. The molecule has 0 radical (unpaired) electrons. The summed E-state index contributed by atoms with van der Waals surface area (Å²) in [5.74, 6) is 0.889. The molecule has 0 spiro atoms. The Morgan fingerprint density at radius 3 is 2.72 bits per heavy atom. The largest absolute Gasteiger partial charge is 0.384 e. The van der Waals surface area contributed by atoms with Crippen molar-refractivity contribution in [3.05, 3.63) is 46.8 Å². The Bertz CT molecular complexity index is 603. The van der Waals surface area contributed by atoms with Crippen LogP contribution in [-0.2, 0) is 6.54 Å². The molecule has 18 heavy (non-hydrogen) atoms. The van der Waals surface area contributed by atoms with Gasteiger partial charge in [-0.1, -0.05) is 6.07 Å². The quantitative estimate of drug-likeness (QED) is 0.635. The molecule has 2 rings (SSSR count). The Morgan fingerprint density at radius 2 is 2.17 bits per heavy atom. The normalized spacial score (nSPS) is 10.6. The maximum absolute atomic E-state index is 13.1. The molecule has 0 saturated heterocycles. The lowest BCUT2D eigenvalue weighted by atomic mass is 10.1. The first-order chi connectivity index (χ1) is 8.47. The predicted molar refractivity (Wildman–Crippen MR) is 66.0 cm³/mol. The van der Waals surface area contributed by atoms with Gasteiger partial charge in [-0.15, -0.1) is 0 Å².